The summed E-state index contributed by atoms with van der Waals surface area (Å²) in [4.78, 5) is 38.4. The van der Waals surface area contributed by atoms with Crippen LogP contribution in [-0.2, 0) is 14.4 Å². The minimum Gasteiger partial charge on any atom is -0.481 e. The standard InChI is InChI=1S/C17H21N3O4/c21-15-8-6-13(16(22)20-15)11-3-7-14(18-9-11)19-12-4-1-10(2-5-12)17(23)24/h3,7,9-10,12-13H,1-2,4-6,8H2,(H,18,19)(H,23,24)(H,20,21,22). The lowest BCUT2D eigenvalue weighted by Crippen LogP contribution is -2.39. The van der Waals surface area contributed by atoms with E-state index in [1.54, 1.807) is 6.20 Å². The van der Waals surface area contributed by atoms with Crippen molar-refractivity contribution in [2.75, 3.05) is 5.32 Å². The summed E-state index contributed by atoms with van der Waals surface area (Å²) in [6, 6.07) is 3.93. The van der Waals surface area contributed by atoms with E-state index in [2.05, 4.69) is 15.6 Å². The van der Waals surface area contributed by atoms with Crippen molar-refractivity contribution in [2.45, 2.75) is 50.5 Å². The summed E-state index contributed by atoms with van der Waals surface area (Å²) in [5.41, 5.74) is 0.806. The van der Waals surface area contributed by atoms with Crippen molar-refractivity contribution in [3.8, 4) is 0 Å². The molecule has 0 aromatic carbocycles. The van der Waals surface area contributed by atoms with Gasteiger partial charge in [-0.05, 0) is 43.7 Å². The van der Waals surface area contributed by atoms with E-state index in [1.165, 1.54) is 0 Å². The number of nitrogens with one attached hydrogen (secondary N) is 2. The molecule has 2 fully saturated rings. The monoisotopic (exact) mass is 331 g/mol. The second-order valence-corrected chi connectivity index (χ2v) is 6.51. The summed E-state index contributed by atoms with van der Waals surface area (Å²) < 4.78 is 0. The van der Waals surface area contributed by atoms with Crippen molar-refractivity contribution < 1.29 is 19.5 Å². The van der Waals surface area contributed by atoms with Crippen LogP contribution in [0.5, 0.6) is 0 Å². The van der Waals surface area contributed by atoms with E-state index >= 15 is 0 Å². The van der Waals surface area contributed by atoms with E-state index < -0.39 is 5.97 Å². The third kappa shape index (κ3) is 3.72. The largest absolute Gasteiger partial charge is 0.481 e. The van der Waals surface area contributed by atoms with Gasteiger partial charge in [0.25, 0.3) is 0 Å². The highest BCUT2D eigenvalue weighted by Crippen LogP contribution is 2.28. The first-order valence-electron chi connectivity index (χ1n) is 8.32. The summed E-state index contributed by atoms with van der Waals surface area (Å²) in [6.07, 6.45) is 5.52. The summed E-state index contributed by atoms with van der Waals surface area (Å²) in [6.45, 7) is 0. The Bertz CT molecular complexity index is 636. The number of hydrogen-bond donors (Lipinski definition) is 3. The average Bonchev–Trinajstić information content (AvgIpc) is 2.56. The van der Waals surface area contributed by atoms with E-state index in [9.17, 15) is 14.4 Å². The van der Waals surface area contributed by atoms with Gasteiger partial charge in [-0.25, -0.2) is 4.98 Å². The van der Waals surface area contributed by atoms with Crippen LogP contribution < -0.4 is 10.6 Å². The Kier molecular flexibility index (Phi) is 4.78. The number of imide groups is 1. The van der Waals surface area contributed by atoms with Gasteiger partial charge in [-0.2, -0.15) is 0 Å². The van der Waals surface area contributed by atoms with E-state index in [-0.39, 0.29) is 29.7 Å². The van der Waals surface area contributed by atoms with Gasteiger partial charge in [-0.3, -0.25) is 19.7 Å². The molecule has 3 N–H and O–H groups in total. The molecule has 0 spiro atoms. The number of carbonyl (C=O) groups excluding carboxylic acids is 2. The van der Waals surface area contributed by atoms with Crippen LogP contribution in [0.1, 0.15) is 50.0 Å². The Morgan fingerprint density at radius 3 is 2.50 bits per heavy atom. The van der Waals surface area contributed by atoms with Crippen molar-refractivity contribution in [2.24, 2.45) is 5.92 Å². The van der Waals surface area contributed by atoms with Gasteiger partial charge in [0.15, 0.2) is 0 Å². The number of hydrogen-bond acceptors (Lipinski definition) is 5. The molecule has 1 aromatic rings. The number of aliphatic carboxylic acids is 1. The Labute approximate surface area is 139 Å². The molecule has 7 heteroatoms. The second-order valence-electron chi connectivity index (χ2n) is 6.51. The number of amides is 2. The molecule has 7 nitrogen and oxygen atoms in total. The number of anilines is 1. The molecular formula is C17H21N3O4. The van der Waals surface area contributed by atoms with Crippen LogP contribution in [-0.4, -0.2) is 33.9 Å². The number of rotatable bonds is 4. The maximum absolute atomic E-state index is 11.9. The fraction of sp³-hybridized carbons (Fsp3) is 0.529. The summed E-state index contributed by atoms with van der Waals surface area (Å²) >= 11 is 0. The molecular weight excluding hydrogens is 310 g/mol. The number of aromatic nitrogens is 1. The van der Waals surface area contributed by atoms with Crippen LogP contribution in [0.25, 0.3) is 0 Å². The van der Waals surface area contributed by atoms with E-state index in [1.807, 2.05) is 12.1 Å². The maximum Gasteiger partial charge on any atom is 0.306 e. The number of carbonyl (C=O) groups is 3. The van der Waals surface area contributed by atoms with Gasteiger partial charge >= 0.3 is 5.97 Å². The maximum atomic E-state index is 11.9. The minimum absolute atomic E-state index is 0.223. The van der Waals surface area contributed by atoms with Gasteiger partial charge in [0, 0.05) is 18.7 Å². The topological polar surface area (TPSA) is 108 Å². The van der Waals surface area contributed by atoms with Crippen LogP contribution in [0.15, 0.2) is 18.3 Å². The molecule has 1 saturated carbocycles. The zero-order valence-corrected chi connectivity index (χ0v) is 13.3. The predicted molar refractivity (Wildman–Crippen MR) is 86.4 cm³/mol. The van der Waals surface area contributed by atoms with Crippen LogP contribution in [0.3, 0.4) is 0 Å². The van der Waals surface area contributed by atoms with Crippen molar-refractivity contribution in [3.63, 3.8) is 0 Å². The molecule has 1 atom stereocenters. The molecule has 2 aliphatic rings. The number of carboxylic acids is 1. The molecule has 1 aliphatic carbocycles. The average molecular weight is 331 g/mol. The normalized spacial score (nSPS) is 27.4. The van der Waals surface area contributed by atoms with Gasteiger partial charge in [-0.1, -0.05) is 6.07 Å². The molecule has 2 heterocycles. The molecule has 1 saturated heterocycles. The highest BCUT2D eigenvalue weighted by atomic mass is 16.4. The second kappa shape index (κ2) is 6.98. The number of carboxylic acid groups (broad SMARTS) is 1. The van der Waals surface area contributed by atoms with Crippen molar-refractivity contribution in [3.05, 3.63) is 23.9 Å². The first-order valence-corrected chi connectivity index (χ1v) is 8.32. The van der Waals surface area contributed by atoms with Crippen molar-refractivity contribution in [1.29, 1.82) is 0 Å². The molecule has 1 unspecified atom stereocenters. The SMILES string of the molecule is O=C1CCC(c2ccc(NC3CCC(C(=O)O)CC3)nc2)C(=O)N1. The van der Waals surface area contributed by atoms with E-state index in [0.29, 0.717) is 25.7 Å². The lowest BCUT2D eigenvalue weighted by molar-refractivity contribution is -0.143. The van der Waals surface area contributed by atoms with Gasteiger partial charge in [0.05, 0.1) is 11.8 Å². The van der Waals surface area contributed by atoms with Gasteiger partial charge in [-0.15, -0.1) is 0 Å². The molecule has 1 aromatic heterocycles. The smallest absolute Gasteiger partial charge is 0.306 e. The molecule has 2 amide bonds. The number of pyridine rings is 1. The van der Waals surface area contributed by atoms with Crippen molar-refractivity contribution in [1.82, 2.24) is 10.3 Å². The van der Waals surface area contributed by atoms with Crippen LogP contribution in [0.4, 0.5) is 5.82 Å². The lowest BCUT2D eigenvalue weighted by Gasteiger charge is -2.27. The van der Waals surface area contributed by atoms with Crippen molar-refractivity contribution >= 4 is 23.6 Å². The first kappa shape index (κ1) is 16.4. The third-order valence-corrected chi connectivity index (χ3v) is 4.86. The van der Waals surface area contributed by atoms with E-state index in [0.717, 1.165) is 24.2 Å². The quantitative estimate of drug-likeness (QED) is 0.724. The Morgan fingerprint density at radius 1 is 1.17 bits per heavy atom. The van der Waals surface area contributed by atoms with Crippen LogP contribution in [0, 0.1) is 5.92 Å². The highest BCUT2D eigenvalue weighted by molar-refractivity contribution is 6.00. The number of piperidine rings is 1. The number of nitrogens with zero attached hydrogens (tertiary/aromatic N) is 1. The minimum atomic E-state index is -0.708. The molecule has 0 radical (unpaired) electrons. The van der Waals surface area contributed by atoms with Gasteiger partial charge < -0.3 is 10.4 Å². The predicted octanol–water partition coefficient (Wildman–Crippen LogP) is 1.66. The molecule has 0 bridgehead atoms. The molecule has 3 rings (SSSR count). The highest BCUT2D eigenvalue weighted by Gasteiger charge is 2.28. The zero-order chi connectivity index (χ0) is 17.1. The van der Waals surface area contributed by atoms with Gasteiger partial charge in [0.2, 0.25) is 11.8 Å². The van der Waals surface area contributed by atoms with Crippen LogP contribution >= 0.6 is 0 Å². The lowest BCUT2D eigenvalue weighted by atomic mass is 9.86. The fourth-order valence-electron chi connectivity index (χ4n) is 3.40. The third-order valence-electron chi connectivity index (χ3n) is 4.86. The Morgan fingerprint density at radius 2 is 1.92 bits per heavy atom. The molecule has 24 heavy (non-hydrogen) atoms. The van der Waals surface area contributed by atoms with Crippen LogP contribution in [0.2, 0.25) is 0 Å². The summed E-state index contributed by atoms with van der Waals surface area (Å²) in [5.74, 6) is -1.02. The Balaban J connectivity index is 1.56. The first-order chi connectivity index (χ1) is 11.5. The van der Waals surface area contributed by atoms with E-state index in [4.69, 9.17) is 5.11 Å². The molecule has 128 valence electrons. The summed E-state index contributed by atoms with van der Waals surface area (Å²) in [5, 5.41) is 14.7. The fourth-order valence-corrected chi connectivity index (χ4v) is 3.40. The zero-order valence-electron chi connectivity index (χ0n) is 13.3. The Hall–Kier alpha value is -2.44. The van der Waals surface area contributed by atoms with Gasteiger partial charge in [0.1, 0.15) is 5.82 Å². The molecule has 1 aliphatic heterocycles. The summed E-state index contributed by atoms with van der Waals surface area (Å²) in [7, 11) is 0.